The second-order valence-electron chi connectivity index (χ2n) is 2.95. The van der Waals surface area contributed by atoms with Crippen LogP contribution in [-0.4, -0.2) is 22.4 Å². The van der Waals surface area contributed by atoms with Gasteiger partial charge in [-0.05, 0) is 0 Å². The van der Waals surface area contributed by atoms with Gasteiger partial charge in [-0.2, -0.15) is 18.3 Å². The Labute approximate surface area is 89.3 Å². The Bertz CT molecular complexity index is 409. The van der Waals surface area contributed by atoms with Crippen molar-refractivity contribution < 1.29 is 22.7 Å². The number of halogens is 3. The zero-order valence-corrected chi connectivity index (χ0v) is 8.41. The Hall–Kier alpha value is -1.79. The summed E-state index contributed by atoms with van der Waals surface area (Å²) in [7, 11) is 1.29. The van der Waals surface area contributed by atoms with Crippen LogP contribution in [0.3, 0.4) is 0 Å². The summed E-state index contributed by atoms with van der Waals surface area (Å²) in [5, 5.41) is 3.18. The molecule has 1 aromatic heterocycles. The molecule has 0 saturated carbocycles. The van der Waals surface area contributed by atoms with Gasteiger partial charge in [0.25, 0.3) is 0 Å². The Kier molecular flexibility index (Phi) is 3.36. The van der Waals surface area contributed by atoms with E-state index in [1.807, 2.05) is 0 Å². The number of hydrogen-bond donors (Lipinski definition) is 0. The minimum Gasteiger partial charge on any atom is -0.458 e. The van der Waals surface area contributed by atoms with Crippen LogP contribution < -0.4 is 0 Å². The first kappa shape index (κ1) is 12.3. The van der Waals surface area contributed by atoms with E-state index in [2.05, 4.69) is 16.4 Å². The van der Waals surface area contributed by atoms with Crippen molar-refractivity contribution in [2.24, 2.45) is 7.05 Å². The number of esters is 1. The summed E-state index contributed by atoms with van der Waals surface area (Å²) in [4.78, 5) is 11.3. The van der Waals surface area contributed by atoms with Crippen LogP contribution in [0, 0.1) is 0 Å². The topological polar surface area (TPSA) is 44.1 Å². The summed E-state index contributed by atoms with van der Waals surface area (Å²) in [6.45, 7) is 3.13. The monoisotopic (exact) mass is 234 g/mol. The van der Waals surface area contributed by atoms with E-state index in [9.17, 15) is 18.0 Å². The maximum atomic E-state index is 12.4. The number of aromatic nitrogens is 2. The highest BCUT2D eigenvalue weighted by Crippen LogP contribution is 2.30. The summed E-state index contributed by atoms with van der Waals surface area (Å²) in [5.41, 5.74) is -1.85. The predicted molar refractivity (Wildman–Crippen MR) is 48.7 cm³/mol. The number of nitrogens with zero attached hydrogens (tertiary/aromatic N) is 2. The van der Waals surface area contributed by atoms with Gasteiger partial charge in [-0.3, -0.25) is 4.68 Å². The number of carbonyl (C=O) groups is 1. The van der Waals surface area contributed by atoms with Crippen LogP contribution >= 0.6 is 0 Å². The lowest BCUT2D eigenvalue weighted by Gasteiger charge is -2.05. The van der Waals surface area contributed by atoms with Crippen molar-refractivity contribution in [1.82, 2.24) is 9.78 Å². The average molecular weight is 234 g/mol. The van der Waals surface area contributed by atoms with E-state index >= 15 is 0 Å². The van der Waals surface area contributed by atoms with Crippen LogP contribution in [0.25, 0.3) is 0 Å². The largest absolute Gasteiger partial charge is 0.458 e. The van der Waals surface area contributed by atoms with E-state index in [0.717, 1.165) is 10.9 Å². The molecule has 0 fully saturated rings. The van der Waals surface area contributed by atoms with Crippen LogP contribution in [0.15, 0.2) is 18.9 Å². The van der Waals surface area contributed by atoms with Crippen LogP contribution in [0.2, 0.25) is 0 Å². The SMILES string of the molecule is C=CCOC(=O)c1cn(C)nc1C(F)(F)F. The Morgan fingerprint density at radius 2 is 2.31 bits per heavy atom. The number of hydrogen-bond acceptors (Lipinski definition) is 3. The first-order valence-corrected chi connectivity index (χ1v) is 4.25. The molecule has 1 aromatic rings. The zero-order chi connectivity index (χ0) is 12.3. The highest BCUT2D eigenvalue weighted by atomic mass is 19.4. The maximum absolute atomic E-state index is 12.4. The standard InChI is InChI=1S/C9H9F3N2O2/c1-3-4-16-8(15)6-5-14(2)13-7(6)9(10,11)12/h3,5H,1,4H2,2H3. The lowest BCUT2D eigenvalue weighted by Crippen LogP contribution is -2.14. The summed E-state index contributed by atoms with van der Waals surface area (Å²) < 4.78 is 42.7. The minimum atomic E-state index is -4.68. The molecule has 16 heavy (non-hydrogen) atoms. The van der Waals surface area contributed by atoms with Crippen molar-refractivity contribution in [3.63, 3.8) is 0 Å². The maximum Gasteiger partial charge on any atom is 0.436 e. The minimum absolute atomic E-state index is 0.148. The first-order chi connectivity index (χ1) is 7.36. The fraction of sp³-hybridized carbons (Fsp3) is 0.333. The van der Waals surface area contributed by atoms with Gasteiger partial charge in [-0.1, -0.05) is 12.7 Å². The Morgan fingerprint density at radius 3 is 2.81 bits per heavy atom. The second-order valence-corrected chi connectivity index (χ2v) is 2.95. The smallest absolute Gasteiger partial charge is 0.436 e. The van der Waals surface area contributed by atoms with Gasteiger partial charge in [0.2, 0.25) is 0 Å². The average Bonchev–Trinajstić information content (AvgIpc) is 2.56. The van der Waals surface area contributed by atoms with Gasteiger partial charge in [-0.25, -0.2) is 4.79 Å². The van der Waals surface area contributed by atoms with Crippen molar-refractivity contribution in [1.29, 1.82) is 0 Å². The number of aryl methyl sites for hydroxylation is 1. The zero-order valence-electron chi connectivity index (χ0n) is 8.41. The molecule has 7 heteroatoms. The number of ether oxygens (including phenoxy) is 1. The molecular weight excluding hydrogens is 225 g/mol. The van der Waals surface area contributed by atoms with E-state index in [0.29, 0.717) is 0 Å². The lowest BCUT2D eigenvalue weighted by atomic mass is 10.2. The second kappa shape index (κ2) is 4.38. The molecule has 1 heterocycles. The van der Waals surface area contributed by atoms with Crippen molar-refractivity contribution in [3.8, 4) is 0 Å². The molecule has 0 radical (unpaired) electrons. The van der Waals surface area contributed by atoms with E-state index in [4.69, 9.17) is 0 Å². The van der Waals surface area contributed by atoms with Crippen molar-refractivity contribution in [3.05, 3.63) is 30.1 Å². The first-order valence-electron chi connectivity index (χ1n) is 4.25. The van der Waals surface area contributed by atoms with Crippen LogP contribution in [0.5, 0.6) is 0 Å². The predicted octanol–water partition coefficient (Wildman–Crippen LogP) is 1.78. The van der Waals surface area contributed by atoms with E-state index in [1.54, 1.807) is 0 Å². The lowest BCUT2D eigenvalue weighted by molar-refractivity contribution is -0.142. The molecule has 0 atom stereocenters. The molecule has 0 amide bonds. The highest BCUT2D eigenvalue weighted by molar-refractivity contribution is 5.90. The molecule has 0 aliphatic carbocycles. The van der Waals surface area contributed by atoms with Gasteiger partial charge < -0.3 is 4.74 Å². The molecule has 0 aromatic carbocycles. The normalized spacial score (nSPS) is 11.2. The molecular formula is C9H9F3N2O2. The number of rotatable bonds is 3. The van der Waals surface area contributed by atoms with Gasteiger partial charge in [0.15, 0.2) is 5.69 Å². The third-order valence-corrected chi connectivity index (χ3v) is 1.65. The molecule has 1 rings (SSSR count). The Balaban J connectivity index is 3.03. The summed E-state index contributed by atoms with van der Waals surface area (Å²) >= 11 is 0. The quantitative estimate of drug-likeness (QED) is 0.591. The third-order valence-electron chi connectivity index (χ3n) is 1.65. The van der Waals surface area contributed by atoms with Gasteiger partial charge in [0.1, 0.15) is 12.2 Å². The summed E-state index contributed by atoms with van der Waals surface area (Å²) in [6, 6.07) is 0. The highest BCUT2D eigenvalue weighted by Gasteiger charge is 2.39. The Morgan fingerprint density at radius 1 is 1.69 bits per heavy atom. The third kappa shape index (κ3) is 2.62. The molecule has 0 saturated heterocycles. The molecule has 4 nitrogen and oxygen atoms in total. The van der Waals surface area contributed by atoms with E-state index in [1.165, 1.54) is 13.1 Å². The van der Waals surface area contributed by atoms with Crippen LogP contribution in [0.1, 0.15) is 16.1 Å². The van der Waals surface area contributed by atoms with Gasteiger partial charge in [-0.15, -0.1) is 0 Å². The molecule has 0 spiro atoms. The summed E-state index contributed by atoms with van der Waals surface area (Å²) in [6.07, 6.45) is -2.44. The van der Waals surface area contributed by atoms with Gasteiger partial charge >= 0.3 is 12.1 Å². The molecule has 0 bridgehead atoms. The van der Waals surface area contributed by atoms with E-state index < -0.39 is 23.4 Å². The summed E-state index contributed by atoms with van der Waals surface area (Å²) in [5.74, 6) is -1.07. The van der Waals surface area contributed by atoms with Crippen molar-refractivity contribution in [2.45, 2.75) is 6.18 Å². The van der Waals surface area contributed by atoms with Crippen LogP contribution in [-0.2, 0) is 18.0 Å². The number of alkyl halides is 3. The van der Waals surface area contributed by atoms with Crippen molar-refractivity contribution in [2.75, 3.05) is 6.61 Å². The van der Waals surface area contributed by atoms with Crippen LogP contribution in [0.4, 0.5) is 13.2 Å². The molecule has 0 N–H and O–H groups in total. The van der Waals surface area contributed by atoms with E-state index in [-0.39, 0.29) is 6.61 Å². The molecule has 88 valence electrons. The van der Waals surface area contributed by atoms with Gasteiger partial charge in [0.05, 0.1) is 0 Å². The molecule has 0 unspecified atom stereocenters. The molecule has 0 aliphatic heterocycles. The van der Waals surface area contributed by atoms with Crippen molar-refractivity contribution >= 4 is 5.97 Å². The fourth-order valence-corrected chi connectivity index (χ4v) is 1.06. The van der Waals surface area contributed by atoms with Gasteiger partial charge in [0, 0.05) is 13.2 Å². The fourth-order valence-electron chi connectivity index (χ4n) is 1.06. The molecule has 0 aliphatic rings. The number of carbonyl (C=O) groups excluding carboxylic acids is 1.